The molecule has 4 nitrogen and oxygen atoms in total. The first-order valence-electron chi connectivity index (χ1n) is 4.83. The fourth-order valence-electron chi connectivity index (χ4n) is 1.57. The van der Waals surface area contributed by atoms with Crippen molar-refractivity contribution < 1.29 is 9.90 Å². The van der Waals surface area contributed by atoms with Gasteiger partial charge in [-0.3, -0.25) is 0 Å². The van der Waals surface area contributed by atoms with Crippen molar-refractivity contribution in [2.24, 2.45) is 0 Å². The number of hydrogen-bond donors (Lipinski definition) is 2. The van der Waals surface area contributed by atoms with Crippen LogP contribution in [0, 0.1) is 0 Å². The Labute approximate surface area is 106 Å². The van der Waals surface area contributed by atoms with Crippen molar-refractivity contribution in [1.82, 2.24) is 4.98 Å². The Morgan fingerprint density at radius 2 is 1.88 bits per heavy atom. The van der Waals surface area contributed by atoms with Crippen LogP contribution in [0.15, 0.2) is 41.0 Å². The minimum atomic E-state index is -1.08. The number of halogens is 1. The van der Waals surface area contributed by atoms with Gasteiger partial charge < -0.3 is 10.8 Å². The number of aromatic nitrogens is 1. The van der Waals surface area contributed by atoms with Gasteiger partial charge in [0.05, 0.1) is 0 Å². The standard InChI is InChI=1S/C12H9BrN2O2/c13-8-3-1-7(2-4-8)9-5-6-15-11(14)10(9)12(16)17/h1-6H,(H2,14,15)(H,16,17). The molecule has 5 heteroatoms. The second kappa shape index (κ2) is 4.55. The Kier molecular flexibility index (Phi) is 3.10. The van der Waals surface area contributed by atoms with E-state index in [4.69, 9.17) is 10.8 Å². The molecule has 0 bridgehead atoms. The monoisotopic (exact) mass is 292 g/mol. The van der Waals surface area contributed by atoms with Crippen molar-refractivity contribution in [3.8, 4) is 11.1 Å². The first-order valence-corrected chi connectivity index (χ1v) is 5.62. The van der Waals surface area contributed by atoms with Crippen molar-refractivity contribution in [1.29, 1.82) is 0 Å². The van der Waals surface area contributed by atoms with Gasteiger partial charge in [0.1, 0.15) is 11.4 Å². The lowest BCUT2D eigenvalue weighted by Gasteiger charge is -2.08. The molecular weight excluding hydrogens is 284 g/mol. The van der Waals surface area contributed by atoms with Crippen LogP contribution in [-0.4, -0.2) is 16.1 Å². The molecule has 0 spiro atoms. The number of hydrogen-bond acceptors (Lipinski definition) is 3. The van der Waals surface area contributed by atoms with Crippen molar-refractivity contribution in [2.75, 3.05) is 5.73 Å². The molecule has 0 aliphatic rings. The Morgan fingerprint density at radius 3 is 2.47 bits per heavy atom. The van der Waals surface area contributed by atoms with Gasteiger partial charge in [-0.25, -0.2) is 9.78 Å². The number of rotatable bonds is 2. The van der Waals surface area contributed by atoms with Crippen LogP contribution >= 0.6 is 15.9 Å². The zero-order chi connectivity index (χ0) is 12.4. The van der Waals surface area contributed by atoms with E-state index in [-0.39, 0.29) is 11.4 Å². The molecule has 86 valence electrons. The van der Waals surface area contributed by atoms with Gasteiger partial charge in [0.15, 0.2) is 0 Å². The number of carboxylic acids is 1. The van der Waals surface area contributed by atoms with Crippen molar-refractivity contribution in [3.63, 3.8) is 0 Å². The predicted octanol–water partition coefficient (Wildman–Crippen LogP) is 2.79. The molecule has 0 aliphatic heterocycles. The van der Waals surface area contributed by atoms with E-state index in [1.807, 2.05) is 24.3 Å². The number of nitrogens with zero attached hydrogens (tertiary/aromatic N) is 1. The maximum absolute atomic E-state index is 11.2. The van der Waals surface area contributed by atoms with E-state index >= 15 is 0 Å². The number of nitrogens with two attached hydrogens (primary N) is 1. The minimum absolute atomic E-state index is 0.0259. The first-order chi connectivity index (χ1) is 8.09. The lowest BCUT2D eigenvalue weighted by atomic mass is 10.0. The quantitative estimate of drug-likeness (QED) is 0.892. The summed E-state index contributed by atoms with van der Waals surface area (Å²) in [7, 11) is 0. The molecule has 0 unspecified atom stereocenters. The molecule has 0 atom stereocenters. The third-order valence-corrected chi connectivity index (χ3v) is 2.88. The molecule has 2 rings (SSSR count). The fraction of sp³-hybridized carbons (Fsp3) is 0. The topological polar surface area (TPSA) is 76.2 Å². The number of pyridine rings is 1. The van der Waals surface area contributed by atoms with Gasteiger partial charge in [0.25, 0.3) is 0 Å². The van der Waals surface area contributed by atoms with E-state index in [0.29, 0.717) is 5.56 Å². The van der Waals surface area contributed by atoms with Gasteiger partial charge >= 0.3 is 5.97 Å². The van der Waals surface area contributed by atoms with E-state index < -0.39 is 5.97 Å². The highest BCUT2D eigenvalue weighted by molar-refractivity contribution is 9.10. The maximum atomic E-state index is 11.2. The second-order valence-electron chi connectivity index (χ2n) is 3.43. The summed E-state index contributed by atoms with van der Waals surface area (Å²) in [5.41, 5.74) is 6.98. The average Bonchev–Trinajstić information content (AvgIpc) is 2.29. The van der Waals surface area contributed by atoms with Crippen LogP contribution in [0.25, 0.3) is 11.1 Å². The maximum Gasteiger partial charge on any atom is 0.340 e. The highest BCUT2D eigenvalue weighted by Gasteiger charge is 2.15. The van der Waals surface area contributed by atoms with Crippen molar-refractivity contribution in [3.05, 3.63) is 46.6 Å². The molecule has 3 N–H and O–H groups in total. The molecule has 1 heterocycles. The van der Waals surface area contributed by atoms with Crippen molar-refractivity contribution in [2.45, 2.75) is 0 Å². The average molecular weight is 293 g/mol. The Morgan fingerprint density at radius 1 is 1.24 bits per heavy atom. The van der Waals surface area contributed by atoms with Gasteiger partial charge in [-0.1, -0.05) is 28.1 Å². The molecule has 0 aliphatic carbocycles. The van der Waals surface area contributed by atoms with E-state index in [0.717, 1.165) is 10.0 Å². The molecule has 0 saturated carbocycles. The van der Waals surface area contributed by atoms with Crippen LogP contribution in [0.1, 0.15) is 10.4 Å². The summed E-state index contributed by atoms with van der Waals surface area (Å²) in [6, 6.07) is 8.98. The van der Waals surface area contributed by atoms with E-state index in [1.54, 1.807) is 6.07 Å². The Bertz CT molecular complexity index is 567. The molecule has 1 aromatic carbocycles. The predicted molar refractivity (Wildman–Crippen MR) is 68.7 cm³/mol. The summed E-state index contributed by atoms with van der Waals surface area (Å²) in [4.78, 5) is 14.9. The van der Waals surface area contributed by atoms with Crippen LogP contribution in [-0.2, 0) is 0 Å². The number of nitrogen functional groups attached to an aromatic ring is 1. The zero-order valence-corrected chi connectivity index (χ0v) is 10.3. The largest absolute Gasteiger partial charge is 0.478 e. The van der Waals surface area contributed by atoms with Crippen LogP contribution in [0.2, 0.25) is 0 Å². The summed E-state index contributed by atoms with van der Waals surface area (Å²) in [5.74, 6) is -1.05. The number of carboxylic acid groups (broad SMARTS) is 1. The number of carbonyl (C=O) groups is 1. The summed E-state index contributed by atoms with van der Waals surface area (Å²) >= 11 is 3.33. The summed E-state index contributed by atoms with van der Waals surface area (Å²) in [5, 5.41) is 9.13. The number of aromatic carboxylic acids is 1. The van der Waals surface area contributed by atoms with Crippen LogP contribution < -0.4 is 5.73 Å². The van der Waals surface area contributed by atoms with E-state index in [9.17, 15) is 4.79 Å². The zero-order valence-electron chi connectivity index (χ0n) is 8.72. The molecular formula is C12H9BrN2O2. The van der Waals surface area contributed by atoms with Gasteiger partial charge in [-0.2, -0.15) is 0 Å². The van der Waals surface area contributed by atoms with Gasteiger partial charge in [-0.05, 0) is 23.8 Å². The molecule has 2 aromatic rings. The molecule has 0 radical (unpaired) electrons. The lowest BCUT2D eigenvalue weighted by molar-refractivity contribution is 0.0698. The Balaban J connectivity index is 2.63. The van der Waals surface area contributed by atoms with Gasteiger partial charge in [0, 0.05) is 16.2 Å². The molecule has 1 aromatic heterocycles. The van der Waals surface area contributed by atoms with E-state index in [1.165, 1.54) is 6.20 Å². The van der Waals surface area contributed by atoms with Crippen LogP contribution in [0.3, 0.4) is 0 Å². The second-order valence-corrected chi connectivity index (χ2v) is 4.35. The SMILES string of the molecule is Nc1nccc(-c2ccc(Br)cc2)c1C(=O)O. The third kappa shape index (κ3) is 2.29. The van der Waals surface area contributed by atoms with Gasteiger partial charge in [0.2, 0.25) is 0 Å². The normalized spacial score (nSPS) is 10.2. The first kappa shape index (κ1) is 11.6. The van der Waals surface area contributed by atoms with Crippen LogP contribution in [0.5, 0.6) is 0 Å². The van der Waals surface area contributed by atoms with Crippen LogP contribution in [0.4, 0.5) is 5.82 Å². The molecule has 17 heavy (non-hydrogen) atoms. The van der Waals surface area contributed by atoms with Gasteiger partial charge in [-0.15, -0.1) is 0 Å². The highest BCUT2D eigenvalue weighted by atomic mass is 79.9. The lowest BCUT2D eigenvalue weighted by Crippen LogP contribution is -2.06. The fourth-order valence-corrected chi connectivity index (χ4v) is 1.84. The summed E-state index contributed by atoms with van der Waals surface area (Å²) in [6.45, 7) is 0. The Hall–Kier alpha value is -1.88. The third-order valence-electron chi connectivity index (χ3n) is 2.35. The number of benzene rings is 1. The molecule has 0 saturated heterocycles. The summed E-state index contributed by atoms with van der Waals surface area (Å²) < 4.78 is 0.931. The molecule has 0 fully saturated rings. The highest BCUT2D eigenvalue weighted by Crippen LogP contribution is 2.27. The number of anilines is 1. The minimum Gasteiger partial charge on any atom is -0.478 e. The van der Waals surface area contributed by atoms with Crippen molar-refractivity contribution >= 4 is 27.7 Å². The summed E-state index contributed by atoms with van der Waals surface area (Å²) in [6.07, 6.45) is 1.50. The molecule has 0 amide bonds. The smallest absolute Gasteiger partial charge is 0.340 e. The van der Waals surface area contributed by atoms with E-state index in [2.05, 4.69) is 20.9 Å².